The second-order valence-corrected chi connectivity index (χ2v) is 7.57. The van der Waals surface area contributed by atoms with Crippen LogP contribution < -0.4 is 15.2 Å². The molecule has 0 spiro atoms. The number of hydrogen-bond donors (Lipinski definition) is 0. The Morgan fingerprint density at radius 2 is 1.84 bits per heavy atom. The summed E-state index contributed by atoms with van der Waals surface area (Å²) in [5.41, 5.74) is 2.73. The fraction of sp³-hybridized carbons (Fsp3) is 0.261. The van der Waals surface area contributed by atoms with E-state index in [0.717, 1.165) is 30.0 Å². The maximum absolute atomic E-state index is 13.1. The number of ether oxygens (including phenoxy) is 1. The van der Waals surface area contributed by atoms with Crippen LogP contribution in [0.15, 0.2) is 65.7 Å². The van der Waals surface area contributed by atoms with Crippen molar-refractivity contribution >= 4 is 28.3 Å². The Morgan fingerprint density at radius 1 is 1.03 bits per heavy atom. The Kier molecular flexibility index (Phi) is 4.82. The fourth-order valence-corrected chi connectivity index (χ4v) is 4.19. The molecule has 1 fully saturated rings. The number of aromatic nitrogens is 3. The topological polar surface area (TPSA) is 72.1 Å². The smallest absolute Gasteiger partial charge is 0.276 e. The SMILES string of the molecule is COc1cccc(N2CCN(C(=O)Cn3c(=O)c4cccn4c4cccnc43)CC2)c1. The molecule has 0 aliphatic carbocycles. The van der Waals surface area contributed by atoms with Gasteiger partial charge in [0.25, 0.3) is 5.56 Å². The highest BCUT2D eigenvalue weighted by atomic mass is 16.5. The summed E-state index contributed by atoms with van der Waals surface area (Å²) in [6.07, 6.45) is 3.48. The Hall–Kier alpha value is -3.81. The molecule has 1 amide bonds. The van der Waals surface area contributed by atoms with Crippen LogP contribution in [0.2, 0.25) is 0 Å². The van der Waals surface area contributed by atoms with Gasteiger partial charge in [-0.25, -0.2) is 4.98 Å². The molecular weight excluding hydrogens is 394 g/mol. The first kappa shape index (κ1) is 19.2. The van der Waals surface area contributed by atoms with Gasteiger partial charge in [-0.3, -0.25) is 14.2 Å². The van der Waals surface area contributed by atoms with Crippen molar-refractivity contribution in [1.82, 2.24) is 18.9 Å². The van der Waals surface area contributed by atoms with Gasteiger partial charge in [-0.05, 0) is 36.4 Å². The van der Waals surface area contributed by atoms with Crippen molar-refractivity contribution in [2.45, 2.75) is 6.54 Å². The zero-order chi connectivity index (χ0) is 21.4. The molecule has 1 aliphatic heterocycles. The highest BCUT2D eigenvalue weighted by molar-refractivity contribution is 5.80. The van der Waals surface area contributed by atoms with Gasteiger partial charge in [-0.15, -0.1) is 0 Å². The lowest BCUT2D eigenvalue weighted by Gasteiger charge is -2.36. The van der Waals surface area contributed by atoms with E-state index in [1.165, 1.54) is 4.57 Å². The van der Waals surface area contributed by atoms with Crippen LogP contribution in [0.5, 0.6) is 5.75 Å². The second kappa shape index (κ2) is 7.79. The van der Waals surface area contributed by atoms with Gasteiger partial charge >= 0.3 is 0 Å². The largest absolute Gasteiger partial charge is 0.497 e. The van der Waals surface area contributed by atoms with E-state index < -0.39 is 0 Å². The third kappa shape index (κ3) is 3.39. The first-order valence-corrected chi connectivity index (χ1v) is 10.3. The summed E-state index contributed by atoms with van der Waals surface area (Å²) in [4.78, 5) is 34.6. The molecule has 0 N–H and O–H groups in total. The number of fused-ring (bicyclic) bond motifs is 3. The number of piperazine rings is 1. The maximum Gasteiger partial charge on any atom is 0.276 e. The van der Waals surface area contributed by atoms with Gasteiger partial charge in [-0.2, -0.15) is 0 Å². The second-order valence-electron chi connectivity index (χ2n) is 7.57. The summed E-state index contributed by atoms with van der Waals surface area (Å²) in [6, 6.07) is 15.3. The Morgan fingerprint density at radius 3 is 2.65 bits per heavy atom. The third-order valence-electron chi connectivity index (χ3n) is 5.84. The maximum atomic E-state index is 13.1. The van der Waals surface area contributed by atoms with Crippen LogP contribution in [0.4, 0.5) is 5.69 Å². The van der Waals surface area contributed by atoms with Crippen molar-refractivity contribution in [3.8, 4) is 5.75 Å². The van der Waals surface area contributed by atoms with Gasteiger partial charge < -0.3 is 18.9 Å². The molecule has 0 bridgehead atoms. The molecule has 8 nitrogen and oxygen atoms in total. The molecule has 8 heteroatoms. The van der Waals surface area contributed by atoms with Crippen LogP contribution in [0.1, 0.15) is 0 Å². The molecule has 31 heavy (non-hydrogen) atoms. The van der Waals surface area contributed by atoms with Crippen LogP contribution in [0, 0.1) is 0 Å². The summed E-state index contributed by atoms with van der Waals surface area (Å²) in [5.74, 6) is 0.741. The molecule has 4 aromatic rings. The van der Waals surface area contributed by atoms with E-state index in [9.17, 15) is 9.59 Å². The molecular formula is C23H23N5O3. The van der Waals surface area contributed by atoms with E-state index in [4.69, 9.17) is 4.74 Å². The van der Waals surface area contributed by atoms with Crippen LogP contribution >= 0.6 is 0 Å². The Balaban J connectivity index is 1.36. The van der Waals surface area contributed by atoms with Gasteiger partial charge in [0.2, 0.25) is 5.91 Å². The number of amides is 1. The minimum atomic E-state index is -0.209. The molecule has 0 radical (unpaired) electrons. The summed E-state index contributed by atoms with van der Waals surface area (Å²) in [6.45, 7) is 2.63. The summed E-state index contributed by atoms with van der Waals surface area (Å²) in [7, 11) is 1.65. The normalized spacial score (nSPS) is 14.4. The zero-order valence-electron chi connectivity index (χ0n) is 17.3. The molecule has 3 aromatic heterocycles. The number of rotatable bonds is 4. The lowest BCUT2D eigenvalue weighted by molar-refractivity contribution is -0.132. The van der Waals surface area contributed by atoms with Crippen LogP contribution in [0.25, 0.3) is 16.7 Å². The van der Waals surface area contributed by atoms with E-state index in [0.29, 0.717) is 24.3 Å². The zero-order valence-corrected chi connectivity index (χ0v) is 17.3. The molecule has 0 saturated carbocycles. The quantitative estimate of drug-likeness (QED) is 0.508. The molecule has 1 aliphatic rings. The number of methoxy groups -OCH3 is 1. The van der Waals surface area contributed by atoms with E-state index in [1.54, 1.807) is 19.4 Å². The van der Waals surface area contributed by atoms with Crippen molar-refractivity contribution in [2.75, 3.05) is 38.2 Å². The van der Waals surface area contributed by atoms with Crippen LogP contribution in [-0.4, -0.2) is 58.0 Å². The number of carbonyl (C=O) groups excluding carboxylic acids is 1. The highest BCUT2D eigenvalue weighted by Gasteiger charge is 2.23. The first-order chi connectivity index (χ1) is 15.2. The van der Waals surface area contributed by atoms with Gasteiger partial charge in [0, 0.05) is 50.3 Å². The lowest BCUT2D eigenvalue weighted by atomic mass is 10.2. The first-order valence-electron chi connectivity index (χ1n) is 10.3. The number of benzene rings is 1. The lowest BCUT2D eigenvalue weighted by Crippen LogP contribution is -2.50. The summed E-state index contributed by atoms with van der Waals surface area (Å²) < 4.78 is 8.62. The number of carbonyl (C=O) groups is 1. The highest BCUT2D eigenvalue weighted by Crippen LogP contribution is 2.22. The average molecular weight is 417 g/mol. The van der Waals surface area contributed by atoms with Gasteiger partial charge in [0.05, 0.1) is 12.6 Å². The Labute approximate surface area is 178 Å². The molecule has 1 aromatic carbocycles. The van der Waals surface area contributed by atoms with E-state index >= 15 is 0 Å². The summed E-state index contributed by atoms with van der Waals surface area (Å²) >= 11 is 0. The molecule has 1 saturated heterocycles. The number of pyridine rings is 1. The van der Waals surface area contributed by atoms with E-state index in [-0.39, 0.29) is 18.0 Å². The number of nitrogens with zero attached hydrogens (tertiary/aromatic N) is 5. The van der Waals surface area contributed by atoms with Crippen molar-refractivity contribution in [1.29, 1.82) is 0 Å². The van der Waals surface area contributed by atoms with Crippen LogP contribution in [-0.2, 0) is 11.3 Å². The molecule has 4 heterocycles. The van der Waals surface area contributed by atoms with E-state index in [1.807, 2.05) is 58.0 Å². The predicted molar refractivity (Wildman–Crippen MR) is 119 cm³/mol. The monoisotopic (exact) mass is 417 g/mol. The molecule has 0 atom stereocenters. The predicted octanol–water partition coefficient (Wildman–Crippen LogP) is 2.01. The molecule has 5 rings (SSSR count). The molecule has 0 unspecified atom stereocenters. The van der Waals surface area contributed by atoms with Crippen molar-refractivity contribution < 1.29 is 9.53 Å². The van der Waals surface area contributed by atoms with E-state index in [2.05, 4.69) is 9.88 Å². The van der Waals surface area contributed by atoms with Crippen molar-refractivity contribution in [2.24, 2.45) is 0 Å². The van der Waals surface area contributed by atoms with Crippen LogP contribution in [0.3, 0.4) is 0 Å². The fourth-order valence-electron chi connectivity index (χ4n) is 4.19. The minimum absolute atomic E-state index is 0.0206. The van der Waals surface area contributed by atoms with Crippen molar-refractivity contribution in [3.63, 3.8) is 0 Å². The standard InChI is InChI=1S/C23H23N5O3/c1-31-18-6-2-5-17(15-18)25-11-13-26(14-12-25)21(29)16-28-22-19(7-3-9-24-22)27-10-4-8-20(27)23(28)30/h2-10,15H,11-14,16H2,1H3. The summed E-state index contributed by atoms with van der Waals surface area (Å²) in [5, 5.41) is 0. The van der Waals surface area contributed by atoms with Gasteiger partial charge in [0.1, 0.15) is 17.8 Å². The third-order valence-corrected chi connectivity index (χ3v) is 5.84. The van der Waals surface area contributed by atoms with Gasteiger partial charge in [0.15, 0.2) is 5.65 Å². The van der Waals surface area contributed by atoms with Gasteiger partial charge in [-0.1, -0.05) is 6.07 Å². The Bertz CT molecular complexity index is 1320. The van der Waals surface area contributed by atoms with Crippen molar-refractivity contribution in [3.05, 3.63) is 71.3 Å². The average Bonchev–Trinajstić information content (AvgIpc) is 3.32. The number of anilines is 1. The number of hydrogen-bond acceptors (Lipinski definition) is 5. The molecule has 158 valence electrons. The minimum Gasteiger partial charge on any atom is -0.497 e.